The number of rotatable bonds is 6. The van der Waals surface area contributed by atoms with E-state index in [9.17, 15) is 9.18 Å². The van der Waals surface area contributed by atoms with Crippen LogP contribution in [0.1, 0.15) is 12.1 Å². The first kappa shape index (κ1) is 20.8. The van der Waals surface area contributed by atoms with Crippen LogP contribution >= 0.6 is 36.2 Å². The zero-order valence-electron chi connectivity index (χ0n) is 11.8. The second kappa shape index (κ2) is 10.5. The van der Waals surface area contributed by atoms with Gasteiger partial charge in [0, 0.05) is 17.5 Å². The summed E-state index contributed by atoms with van der Waals surface area (Å²) in [5.41, 5.74) is 6.78. The van der Waals surface area contributed by atoms with Crippen LogP contribution in [0, 0.1) is 5.82 Å². The lowest BCUT2D eigenvalue weighted by atomic mass is 10.2. The maximum Gasteiger partial charge on any atom is 0.226 e. The van der Waals surface area contributed by atoms with E-state index in [1.54, 1.807) is 12.1 Å². The van der Waals surface area contributed by atoms with Crippen molar-refractivity contribution in [2.75, 3.05) is 13.1 Å². The molecule has 2 aromatic rings. The Bertz CT molecular complexity index is 595. The molecular formula is C14H18Cl2FN3OS. The van der Waals surface area contributed by atoms with Gasteiger partial charge in [-0.3, -0.25) is 4.79 Å². The molecule has 0 atom stereocenters. The summed E-state index contributed by atoms with van der Waals surface area (Å²) in [7, 11) is 0. The molecule has 0 unspecified atom stereocenters. The third-order valence-electron chi connectivity index (χ3n) is 2.67. The Hall–Kier alpha value is -1.21. The number of benzene rings is 1. The highest BCUT2D eigenvalue weighted by Crippen LogP contribution is 2.24. The lowest BCUT2D eigenvalue weighted by molar-refractivity contribution is -0.120. The molecule has 1 amide bonds. The highest BCUT2D eigenvalue weighted by Gasteiger charge is 2.09. The molecule has 0 spiro atoms. The molecule has 0 fully saturated rings. The highest BCUT2D eigenvalue weighted by molar-refractivity contribution is 7.13. The third-order valence-corrected chi connectivity index (χ3v) is 3.61. The maximum absolute atomic E-state index is 13.1. The molecule has 4 nitrogen and oxygen atoms in total. The highest BCUT2D eigenvalue weighted by atomic mass is 35.5. The summed E-state index contributed by atoms with van der Waals surface area (Å²) in [6, 6.07) is 6.27. The van der Waals surface area contributed by atoms with E-state index in [2.05, 4.69) is 10.3 Å². The van der Waals surface area contributed by atoms with E-state index >= 15 is 0 Å². The van der Waals surface area contributed by atoms with E-state index in [1.165, 1.54) is 23.5 Å². The summed E-state index contributed by atoms with van der Waals surface area (Å²) in [4.78, 5) is 16.0. The number of thiazole rings is 1. The second-order valence-electron chi connectivity index (χ2n) is 4.32. The molecule has 1 heterocycles. The van der Waals surface area contributed by atoms with Gasteiger partial charge in [-0.1, -0.05) is 12.1 Å². The molecule has 8 heteroatoms. The Morgan fingerprint density at radius 1 is 1.36 bits per heavy atom. The van der Waals surface area contributed by atoms with Crippen molar-refractivity contribution in [3.63, 3.8) is 0 Å². The molecule has 1 aromatic heterocycles. The number of nitrogens with two attached hydrogens (primary N) is 1. The van der Waals surface area contributed by atoms with Gasteiger partial charge in [-0.15, -0.1) is 36.2 Å². The van der Waals surface area contributed by atoms with E-state index < -0.39 is 0 Å². The van der Waals surface area contributed by atoms with Crippen LogP contribution in [0.15, 0.2) is 29.6 Å². The van der Waals surface area contributed by atoms with E-state index in [0.717, 1.165) is 12.0 Å². The molecule has 1 aromatic carbocycles. The van der Waals surface area contributed by atoms with Crippen LogP contribution in [-0.2, 0) is 11.2 Å². The summed E-state index contributed by atoms with van der Waals surface area (Å²) in [5, 5.41) is 5.31. The predicted molar refractivity (Wildman–Crippen MR) is 92.4 cm³/mol. The van der Waals surface area contributed by atoms with Crippen molar-refractivity contribution < 1.29 is 9.18 Å². The van der Waals surface area contributed by atoms with Gasteiger partial charge in [0.15, 0.2) is 0 Å². The van der Waals surface area contributed by atoms with Crippen molar-refractivity contribution in [2.45, 2.75) is 12.8 Å². The predicted octanol–water partition coefficient (Wildman–Crippen LogP) is 2.80. The number of hydrogen-bond donors (Lipinski definition) is 2. The SMILES string of the molecule is Cl.Cl.NCCCNC(=O)Cc1csc(-c2cccc(F)c2)n1. The maximum atomic E-state index is 13.1. The first-order valence-electron chi connectivity index (χ1n) is 6.36. The Kier molecular flexibility index (Phi) is 9.93. The fourth-order valence-corrected chi connectivity index (χ4v) is 2.52. The number of amides is 1. The van der Waals surface area contributed by atoms with Crippen LogP contribution in [0.4, 0.5) is 4.39 Å². The topological polar surface area (TPSA) is 68.0 Å². The Morgan fingerprint density at radius 3 is 2.82 bits per heavy atom. The molecule has 0 radical (unpaired) electrons. The monoisotopic (exact) mass is 365 g/mol. The molecule has 0 aliphatic heterocycles. The van der Waals surface area contributed by atoms with Gasteiger partial charge in [0.2, 0.25) is 5.91 Å². The summed E-state index contributed by atoms with van der Waals surface area (Å²) in [6.45, 7) is 1.14. The number of carbonyl (C=O) groups excluding carboxylic acids is 1. The average molecular weight is 366 g/mol. The number of hydrogen-bond acceptors (Lipinski definition) is 4. The minimum Gasteiger partial charge on any atom is -0.356 e. The van der Waals surface area contributed by atoms with Gasteiger partial charge in [0.1, 0.15) is 10.8 Å². The minimum atomic E-state index is -0.293. The van der Waals surface area contributed by atoms with Gasteiger partial charge in [-0.25, -0.2) is 9.37 Å². The van der Waals surface area contributed by atoms with Gasteiger partial charge in [-0.2, -0.15) is 0 Å². The molecule has 3 N–H and O–H groups in total. The Balaban J connectivity index is 0.00000220. The van der Waals surface area contributed by atoms with Gasteiger partial charge < -0.3 is 11.1 Å². The summed E-state index contributed by atoms with van der Waals surface area (Å²) in [5.74, 6) is -0.367. The van der Waals surface area contributed by atoms with Crippen LogP contribution in [0.25, 0.3) is 10.6 Å². The number of carbonyl (C=O) groups is 1. The molecule has 0 bridgehead atoms. The molecule has 0 aliphatic rings. The normalized spacial score (nSPS) is 9.55. The zero-order valence-corrected chi connectivity index (χ0v) is 14.2. The van der Waals surface area contributed by atoms with Crippen molar-refractivity contribution in [3.8, 4) is 10.6 Å². The smallest absolute Gasteiger partial charge is 0.226 e. The molecule has 22 heavy (non-hydrogen) atoms. The number of nitrogens with one attached hydrogen (secondary N) is 1. The van der Waals surface area contributed by atoms with Crippen LogP contribution in [0.3, 0.4) is 0 Å². The Labute approximate surface area is 145 Å². The average Bonchev–Trinajstić information content (AvgIpc) is 2.87. The largest absolute Gasteiger partial charge is 0.356 e. The lowest BCUT2D eigenvalue weighted by Gasteiger charge is -2.02. The molecule has 122 valence electrons. The fourth-order valence-electron chi connectivity index (χ4n) is 1.70. The first-order chi connectivity index (χ1) is 9.69. The van der Waals surface area contributed by atoms with Crippen LogP contribution in [0.2, 0.25) is 0 Å². The van der Waals surface area contributed by atoms with E-state index in [-0.39, 0.29) is 43.0 Å². The summed E-state index contributed by atoms with van der Waals surface area (Å²) in [6.07, 6.45) is 0.994. The lowest BCUT2D eigenvalue weighted by Crippen LogP contribution is -2.27. The van der Waals surface area contributed by atoms with Crippen molar-refractivity contribution >= 4 is 42.1 Å². The molecule has 0 saturated heterocycles. The molecule has 2 rings (SSSR count). The van der Waals surface area contributed by atoms with Gasteiger partial charge in [0.05, 0.1) is 12.1 Å². The van der Waals surface area contributed by atoms with E-state index in [4.69, 9.17) is 5.73 Å². The molecule has 0 aliphatic carbocycles. The van der Waals surface area contributed by atoms with E-state index in [1.807, 2.05) is 5.38 Å². The van der Waals surface area contributed by atoms with Crippen LogP contribution in [-0.4, -0.2) is 24.0 Å². The molecule has 0 saturated carbocycles. The minimum absolute atomic E-state index is 0. The van der Waals surface area contributed by atoms with E-state index in [0.29, 0.717) is 23.8 Å². The van der Waals surface area contributed by atoms with Crippen molar-refractivity contribution in [2.24, 2.45) is 5.73 Å². The molecular weight excluding hydrogens is 348 g/mol. The summed E-state index contributed by atoms with van der Waals surface area (Å²) < 4.78 is 13.1. The van der Waals surface area contributed by atoms with Crippen LogP contribution < -0.4 is 11.1 Å². The zero-order chi connectivity index (χ0) is 14.4. The first-order valence-corrected chi connectivity index (χ1v) is 7.24. The van der Waals surface area contributed by atoms with Crippen molar-refractivity contribution in [1.29, 1.82) is 0 Å². The summed E-state index contributed by atoms with van der Waals surface area (Å²) >= 11 is 1.40. The fraction of sp³-hybridized carbons (Fsp3) is 0.286. The number of nitrogens with zero attached hydrogens (tertiary/aromatic N) is 1. The quantitative estimate of drug-likeness (QED) is 0.773. The Morgan fingerprint density at radius 2 is 2.14 bits per heavy atom. The third kappa shape index (κ3) is 6.27. The second-order valence-corrected chi connectivity index (χ2v) is 5.18. The van der Waals surface area contributed by atoms with Gasteiger partial charge >= 0.3 is 0 Å². The van der Waals surface area contributed by atoms with Gasteiger partial charge in [0.25, 0.3) is 0 Å². The van der Waals surface area contributed by atoms with Gasteiger partial charge in [-0.05, 0) is 25.1 Å². The number of aromatic nitrogens is 1. The van der Waals surface area contributed by atoms with Crippen molar-refractivity contribution in [1.82, 2.24) is 10.3 Å². The standard InChI is InChI=1S/C14H16FN3OS.2ClH/c15-11-4-1-3-10(7-11)14-18-12(9-20-14)8-13(19)17-6-2-5-16;;/h1,3-4,7,9H,2,5-6,8,16H2,(H,17,19);2*1H. The number of halogens is 3. The van der Waals surface area contributed by atoms with Crippen LogP contribution in [0.5, 0.6) is 0 Å². The van der Waals surface area contributed by atoms with Crippen molar-refractivity contribution in [3.05, 3.63) is 41.2 Å².